The van der Waals surface area contributed by atoms with Gasteiger partial charge in [-0.05, 0) is 67.3 Å². The van der Waals surface area contributed by atoms with Gasteiger partial charge < -0.3 is 14.4 Å². The number of rotatable bonds is 8. The molecule has 0 aliphatic rings. The summed E-state index contributed by atoms with van der Waals surface area (Å²) in [5.74, 6) is 0.0831. The molecule has 3 rings (SSSR count). The number of ether oxygens (including phenoxy) is 1. The highest BCUT2D eigenvalue weighted by Crippen LogP contribution is 2.26. The largest absolute Gasteiger partial charge is 0.491 e. The molecule has 28 heavy (non-hydrogen) atoms. The van der Waals surface area contributed by atoms with Crippen LogP contribution in [0.4, 0.5) is 0 Å². The number of carbonyl (C=O) groups is 1. The third-order valence-corrected chi connectivity index (χ3v) is 5.19. The molecular formula is C23H24ClNO3. The molecule has 4 nitrogen and oxygen atoms in total. The number of nitrogens with zero attached hydrogens (tertiary/aromatic N) is 1. The monoisotopic (exact) mass is 397 g/mol. The van der Waals surface area contributed by atoms with Crippen molar-refractivity contribution < 1.29 is 14.6 Å². The lowest BCUT2D eigenvalue weighted by Gasteiger charge is -2.16. The standard InChI is InChI=1S/C23H24ClNO3/c1-16-4-3-5-22(17(16)2)28-15-14-25-20(11-13-23(26)27)10-12-21(25)18-6-8-19(24)9-7-18/h3-10,12H,11,13-15H2,1-2H3,(H,26,27). The maximum Gasteiger partial charge on any atom is 0.303 e. The van der Waals surface area contributed by atoms with Gasteiger partial charge in [0.25, 0.3) is 0 Å². The molecule has 3 aromatic rings. The smallest absolute Gasteiger partial charge is 0.303 e. The first-order valence-electron chi connectivity index (χ1n) is 9.31. The number of aromatic nitrogens is 1. The minimum atomic E-state index is -0.799. The first-order chi connectivity index (χ1) is 13.5. The Kier molecular flexibility index (Phi) is 6.42. The van der Waals surface area contributed by atoms with Gasteiger partial charge in [0.2, 0.25) is 0 Å². The van der Waals surface area contributed by atoms with Gasteiger partial charge in [0.1, 0.15) is 12.4 Å². The third-order valence-electron chi connectivity index (χ3n) is 4.93. The number of halogens is 1. The van der Waals surface area contributed by atoms with Crippen LogP contribution in [0.1, 0.15) is 23.2 Å². The fraction of sp³-hybridized carbons (Fsp3) is 0.261. The number of aryl methyl sites for hydroxylation is 2. The highest BCUT2D eigenvalue weighted by molar-refractivity contribution is 6.30. The number of hydrogen-bond donors (Lipinski definition) is 1. The molecule has 0 atom stereocenters. The van der Waals surface area contributed by atoms with E-state index in [-0.39, 0.29) is 6.42 Å². The van der Waals surface area contributed by atoms with Crippen molar-refractivity contribution in [2.75, 3.05) is 6.61 Å². The zero-order valence-electron chi connectivity index (χ0n) is 16.1. The van der Waals surface area contributed by atoms with Crippen LogP contribution in [0, 0.1) is 13.8 Å². The predicted molar refractivity (Wildman–Crippen MR) is 112 cm³/mol. The average Bonchev–Trinajstić information content (AvgIpc) is 3.07. The second-order valence-corrected chi connectivity index (χ2v) is 7.25. The van der Waals surface area contributed by atoms with Crippen LogP contribution in [0.15, 0.2) is 54.6 Å². The van der Waals surface area contributed by atoms with E-state index in [0.717, 1.165) is 28.3 Å². The van der Waals surface area contributed by atoms with E-state index >= 15 is 0 Å². The Morgan fingerprint density at radius 2 is 1.82 bits per heavy atom. The quantitative estimate of drug-likeness (QED) is 0.544. The second kappa shape index (κ2) is 8.98. The van der Waals surface area contributed by atoms with Crippen molar-refractivity contribution in [3.8, 4) is 17.0 Å². The van der Waals surface area contributed by atoms with Crippen LogP contribution >= 0.6 is 11.6 Å². The Labute approximate surface area is 170 Å². The summed E-state index contributed by atoms with van der Waals surface area (Å²) in [6.45, 7) is 5.25. The first kappa shape index (κ1) is 20.0. The van der Waals surface area contributed by atoms with Crippen molar-refractivity contribution in [3.05, 3.63) is 76.4 Å². The lowest BCUT2D eigenvalue weighted by atomic mass is 10.1. The highest BCUT2D eigenvalue weighted by atomic mass is 35.5. The Morgan fingerprint density at radius 3 is 2.54 bits per heavy atom. The van der Waals surface area contributed by atoms with Crippen molar-refractivity contribution in [2.24, 2.45) is 0 Å². The van der Waals surface area contributed by atoms with Crippen LogP contribution in [-0.4, -0.2) is 22.2 Å². The van der Waals surface area contributed by atoms with E-state index < -0.39 is 5.97 Å². The highest BCUT2D eigenvalue weighted by Gasteiger charge is 2.12. The van der Waals surface area contributed by atoms with E-state index in [9.17, 15) is 4.79 Å². The predicted octanol–water partition coefficient (Wildman–Crippen LogP) is 5.52. The van der Waals surface area contributed by atoms with Crippen molar-refractivity contribution in [3.63, 3.8) is 0 Å². The number of carboxylic acids is 1. The van der Waals surface area contributed by atoms with E-state index in [1.807, 2.05) is 48.5 Å². The number of hydrogen-bond acceptors (Lipinski definition) is 2. The number of aliphatic carboxylic acids is 1. The van der Waals surface area contributed by atoms with Crippen LogP contribution in [0.2, 0.25) is 5.02 Å². The molecular weight excluding hydrogens is 374 g/mol. The lowest BCUT2D eigenvalue weighted by Crippen LogP contribution is -2.13. The molecule has 0 aliphatic carbocycles. The van der Waals surface area contributed by atoms with Crippen LogP contribution in [0.5, 0.6) is 5.75 Å². The van der Waals surface area contributed by atoms with E-state index in [1.165, 1.54) is 5.56 Å². The molecule has 0 fully saturated rings. The lowest BCUT2D eigenvalue weighted by molar-refractivity contribution is -0.136. The Morgan fingerprint density at radius 1 is 1.07 bits per heavy atom. The normalized spacial score (nSPS) is 10.8. The van der Waals surface area contributed by atoms with Gasteiger partial charge in [0.15, 0.2) is 0 Å². The van der Waals surface area contributed by atoms with Crippen LogP contribution in [0.25, 0.3) is 11.3 Å². The van der Waals surface area contributed by atoms with Gasteiger partial charge in [-0.15, -0.1) is 0 Å². The topological polar surface area (TPSA) is 51.5 Å². The van der Waals surface area contributed by atoms with Gasteiger partial charge in [-0.3, -0.25) is 4.79 Å². The molecule has 0 bridgehead atoms. The molecule has 0 saturated heterocycles. The van der Waals surface area contributed by atoms with Crippen LogP contribution in [-0.2, 0) is 17.8 Å². The Balaban J connectivity index is 1.81. The van der Waals surface area contributed by atoms with Crippen molar-refractivity contribution in [2.45, 2.75) is 33.2 Å². The Hall–Kier alpha value is -2.72. The number of carboxylic acid groups (broad SMARTS) is 1. The molecule has 0 radical (unpaired) electrons. The molecule has 0 amide bonds. The molecule has 0 saturated carbocycles. The van der Waals surface area contributed by atoms with Crippen LogP contribution in [0.3, 0.4) is 0 Å². The zero-order valence-corrected chi connectivity index (χ0v) is 16.9. The summed E-state index contributed by atoms with van der Waals surface area (Å²) in [6, 6.07) is 17.7. The average molecular weight is 398 g/mol. The second-order valence-electron chi connectivity index (χ2n) is 6.81. The van der Waals surface area contributed by atoms with Crippen molar-refractivity contribution in [1.82, 2.24) is 4.57 Å². The number of benzene rings is 2. The zero-order chi connectivity index (χ0) is 20.1. The summed E-state index contributed by atoms with van der Waals surface area (Å²) in [7, 11) is 0. The molecule has 2 aromatic carbocycles. The first-order valence-corrected chi connectivity index (χ1v) is 9.68. The van der Waals surface area contributed by atoms with Gasteiger partial charge >= 0.3 is 5.97 Å². The van der Waals surface area contributed by atoms with Crippen molar-refractivity contribution in [1.29, 1.82) is 0 Å². The minimum Gasteiger partial charge on any atom is -0.491 e. The third kappa shape index (κ3) is 4.76. The summed E-state index contributed by atoms with van der Waals surface area (Å²) in [4.78, 5) is 11.0. The summed E-state index contributed by atoms with van der Waals surface area (Å²) in [5, 5.41) is 9.74. The summed E-state index contributed by atoms with van der Waals surface area (Å²) >= 11 is 6.02. The Bertz CT molecular complexity index is 960. The molecule has 1 aromatic heterocycles. The SMILES string of the molecule is Cc1cccc(OCCn2c(CCC(=O)O)ccc2-c2ccc(Cl)cc2)c1C. The molecule has 5 heteroatoms. The summed E-state index contributed by atoms with van der Waals surface area (Å²) < 4.78 is 8.16. The van der Waals surface area contributed by atoms with Gasteiger partial charge in [-0.25, -0.2) is 0 Å². The van der Waals surface area contributed by atoms with E-state index in [0.29, 0.717) is 24.6 Å². The fourth-order valence-corrected chi connectivity index (χ4v) is 3.35. The van der Waals surface area contributed by atoms with E-state index in [4.69, 9.17) is 21.4 Å². The molecule has 0 spiro atoms. The van der Waals surface area contributed by atoms with E-state index in [1.54, 1.807) is 0 Å². The van der Waals surface area contributed by atoms with E-state index in [2.05, 4.69) is 24.5 Å². The maximum absolute atomic E-state index is 11.0. The minimum absolute atomic E-state index is 0.0991. The molecule has 1 N–H and O–H groups in total. The summed E-state index contributed by atoms with van der Waals surface area (Å²) in [5.41, 5.74) is 5.39. The molecule has 146 valence electrons. The summed E-state index contributed by atoms with van der Waals surface area (Å²) in [6.07, 6.45) is 0.578. The van der Waals surface area contributed by atoms with Gasteiger partial charge in [-0.2, -0.15) is 0 Å². The van der Waals surface area contributed by atoms with Crippen LogP contribution < -0.4 is 4.74 Å². The molecule has 1 heterocycles. The van der Waals surface area contributed by atoms with Gasteiger partial charge in [-0.1, -0.05) is 35.9 Å². The fourth-order valence-electron chi connectivity index (χ4n) is 3.23. The maximum atomic E-state index is 11.0. The van der Waals surface area contributed by atoms with Gasteiger partial charge in [0, 0.05) is 16.4 Å². The molecule has 0 unspecified atom stereocenters. The van der Waals surface area contributed by atoms with Gasteiger partial charge in [0.05, 0.1) is 13.0 Å². The van der Waals surface area contributed by atoms with Crippen molar-refractivity contribution >= 4 is 17.6 Å². The molecule has 0 aliphatic heterocycles.